The summed E-state index contributed by atoms with van der Waals surface area (Å²) in [5, 5.41) is 10.1. The van der Waals surface area contributed by atoms with E-state index < -0.39 is 0 Å². The highest BCUT2D eigenvalue weighted by Crippen LogP contribution is 2.36. The van der Waals surface area contributed by atoms with E-state index in [9.17, 15) is 5.26 Å². The van der Waals surface area contributed by atoms with Crippen molar-refractivity contribution in [2.24, 2.45) is 0 Å². The van der Waals surface area contributed by atoms with E-state index in [1.165, 1.54) is 16.9 Å². The number of hydrogen-bond donors (Lipinski definition) is 0. The van der Waals surface area contributed by atoms with Gasteiger partial charge in [0.15, 0.2) is 5.65 Å². The Hall–Kier alpha value is -3.36. The van der Waals surface area contributed by atoms with Crippen LogP contribution in [0.4, 0.5) is 5.82 Å². The molecule has 0 radical (unpaired) electrons. The number of nitrogens with zero attached hydrogens (tertiary/aromatic N) is 5. The van der Waals surface area contributed by atoms with E-state index in [0.29, 0.717) is 11.6 Å². The van der Waals surface area contributed by atoms with Crippen LogP contribution in [0.5, 0.6) is 0 Å². The maximum absolute atomic E-state index is 10.1. The number of imidazole rings is 1. The second-order valence-corrected chi connectivity index (χ2v) is 8.69. The van der Waals surface area contributed by atoms with Crippen LogP contribution in [0.1, 0.15) is 28.7 Å². The van der Waals surface area contributed by atoms with Crippen molar-refractivity contribution in [2.75, 3.05) is 32.1 Å². The smallest absolute Gasteiger partial charge is 0.157 e. The molecule has 1 aliphatic rings. The molecule has 156 valence electrons. The standard InChI is InChI=1S/C26H27N5/c1-18-21(15-19-9-5-4-6-10-19)26(30-14-13-20(17-30)29(2)3)31-24-12-8-7-11-23(24)28-25(31)22(18)16-27/h4-12,20H,13-15,17H2,1-3H3/t20-/m0/s1. The highest BCUT2D eigenvalue weighted by molar-refractivity contribution is 5.86. The number of likely N-dealkylation sites (N-methyl/N-ethyl adjacent to an activating group) is 1. The summed E-state index contributed by atoms with van der Waals surface area (Å²) in [5.74, 6) is 1.19. The molecule has 5 heteroatoms. The van der Waals surface area contributed by atoms with Crippen molar-refractivity contribution < 1.29 is 0 Å². The van der Waals surface area contributed by atoms with Gasteiger partial charge in [-0.05, 0) is 50.7 Å². The number of pyridine rings is 1. The van der Waals surface area contributed by atoms with Crippen LogP contribution in [0.3, 0.4) is 0 Å². The fourth-order valence-corrected chi connectivity index (χ4v) is 4.86. The summed E-state index contributed by atoms with van der Waals surface area (Å²) in [6.07, 6.45) is 1.92. The van der Waals surface area contributed by atoms with E-state index in [1.54, 1.807) is 0 Å². The molecule has 2 aromatic heterocycles. The van der Waals surface area contributed by atoms with E-state index >= 15 is 0 Å². The Morgan fingerprint density at radius 1 is 1.10 bits per heavy atom. The number of anilines is 1. The lowest BCUT2D eigenvalue weighted by molar-refractivity contribution is 0.315. The third-order valence-corrected chi connectivity index (χ3v) is 6.62. The summed E-state index contributed by atoms with van der Waals surface area (Å²) in [6, 6.07) is 21.7. The van der Waals surface area contributed by atoms with Crippen LogP contribution >= 0.6 is 0 Å². The number of benzene rings is 2. The summed E-state index contributed by atoms with van der Waals surface area (Å²) in [4.78, 5) is 9.70. The molecule has 0 amide bonds. The zero-order valence-corrected chi connectivity index (χ0v) is 18.3. The summed E-state index contributed by atoms with van der Waals surface area (Å²) in [7, 11) is 4.32. The van der Waals surface area contributed by atoms with Crippen LogP contribution in [-0.2, 0) is 6.42 Å². The Kier molecular flexibility index (Phi) is 4.88. The highest BCUT2D eigenvalue weighted by atomic mass is 15.3. The van der Waals surface area contributed by atoms with Crippen molar-refractivity contribution in [3.63, 3.8) is 0 Å². The van der Waals surface area contributed by atoms with Gasteiger partial charge in [-0.3, -0.25) is 4.40 Å². The number of fused-ring (bicyclic) bond motifs is 3. The lowest BCUT2D eigenvalue weighted by atomic mass is 9.97. The van der Waals surface area contributed by atoms with Gasteiger partial charge in [-0.2, -0.15) is 5.26 Å². The Bertz CT molecular complexity index is 1300. The first-order chi connectivity index (χ1) is 15.1. The molecule has 2 aromatic carbocycles. The van der Waals surface area contributed by atoms with Crippen LogP contribution in [-0.4, -0.2) is 47.5 Å². The minimum absolute atomic E-state index is 0.519. The Morgan fingerprint density at radius 2 is 1.84 bits per heavy atom. The molecule has 1 aliphatic heterocycles. The van der Waals surface area contributed by atoms with Crippen LogP contribution in [0, 0.1) is 18.3 Å². The molecular weight excluding hydrogens is 382 g/mol. The molecule has 3 heterocycles. The van der Waals surface area contributed by atoms with Gasteiger partial charge in [0.05, 0.1) is 16.6 Å². The molecular formula is C26H27N5. The average Bonchev–Trinajstić information content (AvgIpc) is 3.41. The van der Waals surface area contributed by atoms with Crippen LogP contribution in [0.2, 0.25) is 0 Å². The van der Waals surface area contributed by atoms with Crippen LogP contribution < -0.4 is 4.90 Å². The van der Waals surface area contributed by atoms with Crippen molar-refractivity contribution >= 4 is 22.5 Å². The molecule has 1 fully saturated rings. The van der Waals surface area contributed by atoms with Gasteiger partial charge in [-0.25, -0.2) is 4.98 Å². The first-order valence-electron chi connectivity index (χ1n) is 10.9. The van der Waals surface area contributed by atoms with Crippen LogP contribution in [0.15, 0.2) is 54.6 Å². The third-order valence-electron chi connectivity index (χ3n) is 6.62. The monoisotopic (exact) mass is 409 g/mol. The highest BCUT2D eigenvalue weighted by Gasteiger charge is 2.30. The second kappa shape index (κ2) is 7.72. The zero-order chi connectivity index (χ0) is 21.5. The minimum atomic E-state index is 0.519. The predicted molar refractivity (Wildman–Crippen MR) is 126 cm³/mol. The molecule has 0 N–H and O–H groups in total. The number of para-hydroxylation sites is 2. The van der Waals surface area contributed by atoms with E-state index in [0.717, 1.165) is 48.2 Å². The first-order valence-corrected chi connectivity index (χ1v) is 10.9. The van der Waals surface area contributed by atoms with Gasteiger partial charge in [0.25, 0.3) is 0 Å². The van der Waals surface area contributed by atoms with Gasteiger partial charge in [0.2, 0.25) is 0 Å². The second-order valence-electron chi connectivity index (χ2n) is 8.69. The number of hydrogen-bond acceptors (Lipinski definition) is 4. The van der Waals surface area contributed by atoms with E-state index in [4.69, 9.17) is 4.98 Å². The summed E-state index contributed by atoms with van der Waals surface area (Å²) in [5.41, 5.74) is 6.94. The van der Waals surface area contributed by atoms with E-state index in [-0.39, 0.29) is 0 Å². The molecule has 0 unspecified atom stereocenters. The van der Waals surface area contributed by atoms with Gasteiger partial charge in [-0.15, -0.1) is 0 Å². The fourth-order valence-electron chi connectivity index (χ4n) is 4.86. The molecule has 5 nitrogen and oxygen atoms in total. The van der Waals surface area contributed by atoms with Crippen molar-refractivity contribution in [3.8, 4) is 6.07 Å². The summed E-state index contributed by atoms with van der Waals surface area (Å²) < 4.78 is 2.23. The Morgan fingerprint density at radius 3 is 2.55 bits per heavy atom. The fraction of sp³-hybridized carbons (Fsp3) is 0.308. The predicted octanol–water partition coefficient (Wildman–Crippen LogP) is 4.40. The SMILES string of the molecule is Cc1c(Cc2ccccc2)c(N2CC[C@H](N(C)C)C2)n2c(nc3ccccc32)c1C#N. The topological polar surface area (TPSA) is 47.6 Å². The minimum Gasteiger partial charge on any atom is -0.356 e. The molecule has 0 bridgehead atoms. The Labute approximate surface area is 183 Å². The molecule has 1 atom stereocenters. The summed E-state index contributed by atoms with van der Waals surface area (Å²) in [6.45, 7) is 4.05. The molecule has 31 heavy (non-hydrogen) atoms. The van der Waals surface area contributed by atoms with E-state index in [2.05, 4.69) is 77.7 Å². The average molecular weight is 410 g/mol. The van der Waals surface area contributed by atoms with Gasteiger partial charge in [0.1, 0.15) is 11.9 Å². The largest absolute Gasteiger partial charge is 0.356 e. The molecule has 0 aliphatic carbocycles. The Balaban J connectivity index is 1.82. The molecule has 0 saturated carbocycles. The first kappa shape index (κ1) is 19.6. The number of nitriles is 1. The van der Waals surface area contributed by atoms with Crippen molar-refractivity contribution in [2.45, 2.75) is 25.8 Å². The molecule has 0 spiro atoms. The van der Waals surface area contributed by atoms with Gasteiger partial charge in [0, 0.05) is 31.1 Å². The molecule has 1 saturated heterocycles. The van der Waals surface area contributed by atoms with Crippen molar-refractivity contribution in [1.29, 1.82) is 5.26 Å². The number of aromatic nitrogens is 2. The lowest BCUT2D eigenvalue weighted by Gasteiger charge is -2.27. The van der Waals surface area contributed by atoms with Crippen LogP contribution in [0.25, 0.3) is 16.7 Å². The zero-order valence-electron chi connectivity index (χ0n) is 18.3. The normalized spacial score (nSPS) is 16.5. The molecule has 5 rings (SSSR count). The lowest BCUT2D eigenvalue weighted by Crippen LogP contribution is -2.32. The maximum atomic E-state index is 10.1. The third kappa shape index (κ3) is 3.24. The van der Waals surface area contributed by atoms with E-state index in [1.807, 2.05) is 18.2 Å². The van der Waals surface area contributed by atoms with Crippen molar-refractivity contribution in [1.82, 2.24) is 14.3 Å². The van der Waals surface area contributed by atoms with Gasteiger partial charge in [-0.1, -0.05) is 42.5 Å². The molecule has 4 aromatic rings. The van der Waals surface area contributed by atoms with Gasteiger partial charge < -0.3 is 9.80 Å². The maximum Gasteiger partial charge on any atom is 0.157 e. The van der Waals surface area contributed by atoms with Crippen molar-refractivity contribution in [3.05, 3.63) is 76.9 Å². The number of rotatable bonds is 4. The van der Waals surface area contributed by atoms with Gasteiger partial charge >= 0.3 is 0 Å². The summed E-state index contributed by atoms with van der Waals surface area (Å²) >= 11 is 0. The quantitative estimate of drug-likeness (QED) is 0.501.